The van der Waals surface area contributed by atoms with E-state index in [0.29, 0.717) is 0 Å². The van der Waals surface area contributed by atoms with E-state index in [4.69, 9.17) is 0 Å². The van der Waals surface area contributed by atoms with Crippen molar-refractivity contribution in [2.24, 2.45) is 0 Å². The van der Waals surface area contributed by atoms with E-state index in [1.54, 1.807) is 18.2 Å². The summed E-state index contributed by atoms with van der Waals surface area (Å²) < 4.78 is 1.90. The summed E-state index contributed by atoms with van der Waals surface area (Å²) in [6.45, 7) is 2.07. The highest BCUT2D eigenvalue weighted by molar-refractivity contribution is 5.93. The van der Waals surface area contributed by atoms with Crippen molar-refractivity contribution in [2.75, 3.05) is 0 Å². The number of para-hydroxylation sites is 1. The number of amides is 2. The monoisotopic (exact) mass is 308 g/mol. The Kier molecular flexibility index (Phi) is 4.05. The third-order valence-electron chi connectivity index (χ3n) is 3.53. The van der Waals surface area contributed by atoms with Crippen LogP contribution in [0.5, 0.6) is 0 Å². The number of aromatic nitrogens is 2. The zero-order valence-corrected chi connectivity index (χ0v) is 12.6. The number of fused-ring (bicyclic) bond motifs is 1. The molecule has 0 saturated carbocycles. The van der Waals surface area contributed by atoms with Crippen LogP contribution in [0.2, 0.25) is 0 Å². The topological polar surface area (TPSA) is 76.0 Å². The first-order valence-electron chi connectivity index (χ1n) is 7.20. The second kappa shape index (κ2) is 6.31. The Bertz CT molecular complexity index is 855. The van der Waals surface area contributed by atoms with Crippen molar-refractivity contribution >= 4 is 22.7 Å². The van der Waals surface area contributed by atoms with Crippen LogP contribution < -0.4 is 10.9 Å². The molecule has 3 rings (SSSR count). The summed E-state index contributed by atoms with van der Waals surface area (Å²) in [5.74, 6) is -0.758. The number of nitrogens with one attached hydrogen (secondary N) is 2. The van der Waals surface area contributed by atoms with Gasteiger partial charge in [-0.1, -0.05) is 24.3 Å². The number of carbonyl (C=O) groups is 2. The van der Waals surface area contributed by atoms with Gasteiger partial charge in [0.15, 0.2) is 0 Å². The molecule has 2 amide bonds. The van der Waals surface area contributed by atoms with E-state index < -0.39 is 5.91 Å². The highest BCUT2D eigenvalue weighted by Gasteiger charge is 2.11. The molecule has 23 heavy (non-hydrogen) atoms. The van der Waals surface area contributed by atoms with Gasteiger partial charge in [0.25, 0.3) is 11.8 Å². The smallest absolute Gasteiger partial charge is 0.288 e. The lowest BCUT2D eigenvalue weighted by Crippen LogP contribution is -2.43. The van der Waals surface area contributed by atoms with Gasteiger partial charge < -0.3 is 4.57 Å². The Labute approximate surface area is 133 Å². The standard InChI is InChI=1S/C17H16N4O2/c1-12-10-13-6-2-3-8-15(13)21(12)11-16(22)19-20-17(23)14-7-4-5-9-18-14/h2-10H,11H2,1H3,(H,19,22)(H,20,23). The predicted molar refractivity (Wildman–Crippen MR) is 86.5 cm³/mol. The molecule has 116 valence electrons. The molecule has 0 unspecified atom stereocenters. The fourth-order valence-corrected chi connectivity index (χ4v) is 2.43. The van der Waals surface area contributed by atoms with Crippen LogP contribution in [0.15, 0.2) is 54.7 Å². The fourth-order valence-electron chi connectivity index (χ4n) is 2.43. The number of carbonyl (C=O) groups excluding carboxylic acids is 2. The number of benzene rings is 1. The Morgan fingerprint density at radius 3 is 2.65 bits per heavy atom. The van der Waals surface area contributed by atoms with E-state index in [2.05, 4.69) is 15.8 Å². The van der Waals surface area contributed by atoms with Gasteiger partial charge >= 0.3 is 0 Å². The Morgan fingerprint density at radius 2 is 1.87 bits per heavy atom. The molecule has 0 aliphatic carbocycles. The van der Waals surface area contributed by atoms with Gasteiger partial charge in [0.1, 0.15) is 12.2 Å². The molecule has 2 heterocycles. The number of nitrogens with zero attached hydrogens (tertiary/aromatic N) is 2. The molecule has 6 nitrogen and oxygen atoms in total. The molecular formula is C17H16N4O2. The maximum absolute atomic E-state index is 12.1. The molecule has 0 spiro atoms. The molecule has 0 bridgehead atoms. The molecule has 0 fully saturated rings. The minimum Gasteiger partial charge on any atom is -0.335 e. The molecule has 2 N–H and O–H groups in total. The number of hydrazine groups is 1. The number of hydrogen-bond donors (Lipinski definition) is 2. The van der Waals surface area contributed by atoms with E-state index in [9.17, 15) is 9.59 Å². The van der Waals surface area contributed by atoms with Crippen LogP contribution in [0.4, 0.5) is 0 Å². The summed E-state index contributed by atoms with van der Waals surface area (Å²) in [6, 6.07) is 14.9. The Hall–Kier alpha value is -3.15. The fraction of sp³-hybridized carbons (Fsp3) is 0.118. The zero-order valence-electron chi connectivity index (χ0n) is 12.6. The predicted octanol–water partition coefficient (Wildman–Crippen LogP) is 1.81. The van der Waals surface area contributed by atoms with Gasteiger partial charge in [-0.2, -0.15) is 0 Å². The maximum Gasteiger partial charge on any atom is 0.288 e. The summed E-state index contributed by atoms with van der Waals surface area (Å²) in [7, 11) is 0. The van der Waals surface area contributed by atoms with Crippen LogP contribution in [-0.2, 0) is 11.3 Å². The van der Waals surface area contributed by atoms with Crippen molar-refractivity contribution < 1.29 is 9.59 Å². The number of pyridine rings is 1. The quantitative estimate of drug-likeness (QED) is 0.725. The average molecular weight is 308 g/mol. The van der Waals surface area contributed by atoms with E-state index in [1.807, 2.05) is 41.8 Å². The van der Waals surface area contributed by atoms with Crippen LogP contribution in [0.25, 0.3) is 10.9 Å². The van der Waals surface area contributed by atoms with Crippen molar-refractivity contribution in [1.82, 2.24) is 20.4 Å². The van der Waals surface area contributed by atoms with Gasteiger partial charge in [-0.3, -0.25) is 25.4 Å². The molecule has 2 aromatic heterocycles. The van der Waals surface area contributed by atoms with Gasteiger partial charge in [0.05, 0.1) is 0 Å². The number of hydrogen-bond acceptors (Lipinski definition) is 3. The van der Waals surface area contributed by atoms with Crippen molar-refractivity contribution in [1.29, 1.82) is 0 Å². The molecule has 3 aromatic rings. The lowest BCUT2D eigenvalue weighted by Gasteiger charge is -2.10. The molecule has 6 heteroatoms. The van der Waals surface area contributed by atoms with Crippen LogP contribution in [0.3, 0.4) is 0 Å². The van der Waals surface area contributed by atoms with Gasteiger partial charge in [-0.05, 0) is 36.6 Å². The summed E-state index contributed by atoms with van der Waals surface area (Å²) in [5, 5.41) is 1.08. The summed E-state index contributed by atoms with van der Waals surface area (Å²) in [5.41, 5.74) is 6.99. The minimum atomic E-state index is -0.451. The van der Waals surface area contributed by atoms with Gasteiger partial charge in [-0.15, -0.1) is 0 Å². The lowest BCUT2D eigenvalue weighted by molar-refractivity contribution is -0.122. The number of aryl methyl sites for hydroxylation is 1. The normalized spacial score (nSPS) is 10.5. The molecule has 0 aliphatic heterocycles. The van der Waals surface area contributed by atoms with Gasteiger partial charge in [0.2, 0.25) is 0 Å². The Balaban J connectivity index is 1.65. The minimum absolute atomic E-state index is 0.127. The molecule has 1 aromatic carbocycles. The Morgan fingerprint density at radius 1 is 1.09 bits per heavy atom. The lowest BCUT2D eigenvalue weighted by atomic mass is 10.2. The van der Waals surface area contributed by atoms with Gasteiger partial charge in [-0.25, -0.2) is 0 Å². The second-order valence-corrected chi connectivity index (χ2v) is 5.15. The second-order valence-electron chi connectivity index (χ2n) is 5.15. The molecule has 0 atom stereocenters. The van der Waals surface area contributed by atoms with E-state index in [0.717, 1.165) is 16.6 Å². The van der Waals surface area contributed by atoms with E-state index in [1.165, 1.54) is 6.20 Å². The summed E-state index contributed by atoms with van der Waals surface area (Å²) >= 11 is 0. The largest absolute Gasteiger partial charge is 0.335 e. The van der Waals surface area contributed by atoms with Crippen LogP contribution in [-0.4, -0.2) is 21.4 Å². The zero-order chi connectivity index (χ0) is 16.2. The van der Waals surface area contributed by atoms with Crippen molar-refractivity contribution in [3.8, 4) is 0 Å². The first-order chi connectivity index (χ1) is 11.1. The van der Waals surface area contributed by atoms with E-state index >= 15 is 0 Å². The van der Waals surface area contributed by atoms with Crippen LogP contribution >= 0.6 is 0 Å². The third-order valence-corrected chi connectivity index (χ3v) is 3.53. The highest BCUT2D eigenvalue weighted by Crippen LogP contribution is 2.18. The molecule has 0 radical (unpaired) electrons. The number of rotatable bonds is 3. The van der Waals surface area contributed by atoms with Crippen LogP contribution in [0, 0.1) is 6.92 Å². The summed E-state index contributed by atoms with van der Waals surface area (Å²) in [4.78, 5) is 27.8. The molecular weight excluding hydrogens is 292 g/mol. The summed E-state index contributed by atoms with van der Waals surface area (Å²) in [6.07, 6.45) is 1.52. The van der Waals surface area contributed by atoms with Gasteiger partial charge in [0, 0.05) is 17.4 Å². The van der Waals surface area contributed by atoms with Crippen molar-refractivity contribution in [2.45, 2.75) is 13.5 Å². The van der Waals surface area contributed by atoms with Crippen LogP contribution in [0.1, 0.15) is 16.2 Å². The SMILES string of the molecule is Cc1cc2ccccc2n1CC(=O)NNC(=O)c1ccccn1. The first-order valence-corrected chi connectivity index (χ1v) is 7.20. The molecule has 0 saturated heterocycles. The average Bonchev–Trinajstić information content (AvgIpc) is 2.89. The first kappa shape index (κ1) is 14.8. The van der Waals surface area contributed by atoms with Crippen molar-refractivity contribution in [3.63, 3.8) is 0 Å². The molecule has 0 aliphatic rings. The third kappa shape index (κ3) is 3.21. The van der Waals surface area contributed by atoms with Crippen molar-refractivity contribution in [3.05, 3.63) is 66.1 Å². The highest BCUT2D eigenvalue weighted by atomic mass is 16.2. The maximum atomic E-state index is 12.1. The van der Waals surface area contributed by atoms with E-state index in [-0.39, 0.29) is 18.1 Å².